The van der Waals surface area contributed by atoms with Crippen LogP contribution in [0, 0.1) is 0 Å². The van der Waals surface area contributed by atoms with Crippen LogP contribution in [0.3, 0.4) is 0 Å². The second kappa shape index (κ2) is 10.4. The smallest absolute Gasteiger partial charge is 0.255 e. The Bertz CT molecular complexity index is 1040. The SMILES string of the molecule is CNS(=O)(=O)c1cc(C(=O)Nc2ccc(C(=O)NCCOC)c(Cl)c2)ccc1OC. The molecular formula is C19H22ClN3O6S. The summed E-state index contributed by atoms with van der Waals surface area (Å²) in [6.45, 7) is 0.699. The zero-order valence-electron chi connectivity index (χ0n) is 16.6. The molecule has 0 radical (unpaired) electrons. The summed E-state index contributed by atoms with van der Waals surface area (Å²) >= 11 is 6.16. The average Bonchev–Trinajstić information content (AvgIpc) is 2.73. The Morgan fingerprint density at radius 1 is 1.07 bits per heavy atom. The van der Waals surface area contributed by atoms with Gasteiger partial charge in [0, 0.05) is 24.9 Å². The molecule has 0 fully saturated rings. The third-order valence-corrected chi connectivity index (χ3v) is 5.80. The number of anilines is 1. The van der Waals surface area contributed by atoms with Gasteiger partial charge in [-0.3, -0.25) is 9.59 Å². The van der Waals surface area contributed by atoms with Crippen molar-refractivity contribution < 1.29 is 27.5 Å². The highest BCUT2D eigenvalue weighted by Crippen LogP contribution is 2.26. The molecule has 0 saturated heterocycles. The molecule has 2 aromatic rings. The van der Waals surface area contributed by atoms with E-state index in [4.69, 9.17) is 21.1 Å². The Hall–Kier alpha value is -2.66. The molecule has 0 bridgehead atoms. The summed E-state index contributed by atoms with van der Waals surface area (Å²) in [5.41, 5.74) is 0.687. The molecule has 9 nitrogen and oxygen atoms in total. The number of amides is 2. The van der Waals surface area contributed by atoms with Crippen molar-refractivity contribution in [2.45, 2.75) is 4.90 Å². The Balaban J connectivity index is 2.21. The van der Waals surface area contributed by atoms with Gasteiger partial charge in [0.15, 0.2) is 0 Å². The zero-order chi connectivity index (χ0) is 22.3. The Morgan fingerprint density at radius 3 is 2.40 bits per heavy atom. The average molecular weight is 456 g/mol. The first kappa shape index (κ1) is 23.6. The lowest BCUT2D eigenvalue weighted by Gasteiger charge is -2.12. The highest BCUT2D eigenvalue weighted by molar-refractivity contribution is 7.89. The van der Waals surface area contributed by atoms with Crippen molar-refractivity contribution in [3.8, 4) is 5.75 Å². The van der Waals surface area contributed by atoms with Crippen LogP contribution in [0.2, 0.25) is 5.02 Å². The fourth-order valence-electron chi connectivity index (χ4n) is 2.48. The number of sulfonamides is 1. The molecule has 162 valence electrons. The summed E-state index contributed by atoms with van der Waals surface area (Å²) in [7, 11) is 0.286. The predicted octanol–water partition coefficient (Wildman–Crippen LogP) is 1.89. The second-order valence-electron chi connectivity index (χ2n) is 5.97. The van der Waals surface area contributed by atoms with E-state index in [0.717, 1.165) is 0 Å². The molecule has 2 aromatic carbocycles. The van der Waals surface area contributed by atoms with E-state index < -0.39 is 15.9 Å². The third kappa shape index (κ3) is 5.70. The van der Waals surface area contributed by atoms with Crippen LogP contribution in [0.4, 0.5) is 5.69 Å². The molecule has 0 unspecified atom stereocenters. The van der Waals surface area contributed by atoms with Gasteiger partial charge in [-0.1, -0.05) is 11.6 Å². The van der Waals surface area contributed by atoms with Gasteiger partial charge in [0.2, 0.25) is 10.0 Å². The molecule has 2 rings (SSSR count). The summed E-state index contributed by atoms with van der Waals surface area (Å²) < 4.78 is 36.5. The number of nitrogens with one attached hydrogen (secondary N) is 3. The van der Waals surface area contributed by atoms with Crippen LogP contribution in [-0.2, 0) is 14.8 Å². The van der Waals surface area contributed by atoms with Gasteiger partial charge in [-0.15, -0.1) is 0 Å². The van der Waals surface area contributed by atoms with Crippen molar-refractivity contribution in [1.29, 1.82) is 0 Å². The minimum atomic E-state index is -3.83. The Kier molecular flexibility index (Phi) is 8.18. The number of hydrogen-bond acceptors (Lipinski definition) is 6. The summed E-state index contributed by atoms with van der Waals surface area (Å²) in [5.74, 6) is -0.821. The van der Waals surface area contributed by atoms with E-state index in [1.54, 1.807) is 0 Å². The van der Waals surface area contributed by atoms with Gasteiger partial charge in [0.1, 0.15) is 10.6 Å². The summed E-state index contributed by atoms with van der Waals surface area (Å²) in [6.07, 6.45) is 0. The van der Waals surface area contributed by atoms with Crippen LogP contribution in [0.25, 0.3) is 0 Å². The molecule has 0 aliphatic rings. The van der Waals surface area contributed by atoms with Crippen LogP contribution in [0.5, 0.6) is 5.75 Å². The number of halogens is 1. The van der Waals surface area contributed by atoms with E-state index in [9.17, 15) is 18.0 Å². The number of benzene rings is 2. The predicted molar refractivity (Wildman–Crippen MR) is 113 cm³/mol. The lowest BCUT2D eigenvalue weighted by molar-refractivity contribution is 0.0936. The highest BCUT2D eigenvalue weighted by Gasteiger charge is 2.20. The summed E-state index contributed by atoms with van der Waals surface area (Å²) in [6, 6.07) is 8.45. The standard InChI is InChI=1S/C19H22ClN3O6S/c1-21-30(26,27)17-10-12(4-7-16(17)29-3)18(24)23-13-5-6-14(15(20)11-13)19(25)22-8-9-28-2/h4-7,10-11,21H,8-9H2,1-3H3,(H,22,25)(H,23,24). The molecule has 0 atom stereocenters. The normalized spacial score (nSPS) is 11.1. The van der Waals surface area contributed by atoms with Crippen molar-refractivity contribution in [1.82, 2.24) is 10.0 Å². The zero-order valence-corrected chi connectivity index (χ0v) is 18.2. The molecule has 0 aromatic heterocycles. The lowest BCUT2D eigenvalue weighted by atomic mass is 10.1. The molecule has 0 aliphatic heterocycles. The molecule has 11 heteroatoms. The lowest BCUT2D eigenvalue weighted by Crippen LogP contribution is -2.27. The maximum absolute atomic E-state index is 12.6. The van der Waals surface area contributed by atoms with Gasteiger partial charge >= 0.3 is 0 Å². The summed E-state index contributed by atoms with van der Waals surface area (Å²) in [4.78, 5) is 24.5. The van der Waals surface area contributed by atoms with Crippen LogP contribution >= 0.6 is 11.6 Å². The number of methoxy groups -OCH3 is 2. The minimum absolute atomic E-state index is 0.0992. The molecule has 0 aliphatic carbocycles. The van der Waals surface area contributed by atoms with Gasteiger partial charge in [-0.05, 0) is 43.4 Å². The van der Waals surface area contributed by atoms with Gasteiger partial charge in [-0.2, -0.15) is 0 Å². The topological polar surface area (TPSA) is 123 Å². The van der Waals surface area contributed by atoms with Crippen LogP contribution in [0.1, 0.15) is 20.7 Å². The minimum Gasteiger partial charge on any atom is -0.495 e. The van der Waals surface area contributed by atoms with Gasteiger partial charge in [-0.25, -0.2) is 13.1 Å². The molecule has 0 saturated carbocycles. The third-order valence-electron chi connectivity index (χ3n) is 4.05. The molecule has 0 heterocycles. The van der Waals surface area contributed by atoms with E-state index in [1.165, 1.54) is 57.7 Å². The quantitative estimate of drug-likeness (QED) is 0.496. The number of rotatable bonds is 9. The van der Waals surface area contributed by atoms with Crippen LogP contribution in [-0.4, -0.2) is 54.7 Å². The molecular weight excluding hydrogens is 434 g/mol. The van der Waals surface area contributed by atoms with Crippen LogP contribution < -0.4 is 20.1 Å². The van der Waals surface area contributed by atoms with E-state index in [0.29, 0.717) is 18.8 Å². The maximum Gasteiger partial charge on any atom is 0.255 e. The van der Waals surface area contributed by atoms with Gasteiger partial charge in [0.25, 0.3) is 11.8 Å². The first-order valence-electron chi connectivity index (χ1n) is 8.73. The monoisotopic (exact) mass is 455 g/mol. The van der Waals surface area contributed by atoms with Crippen molar-refractivity contribution in [3.05, 3.63) is 52.5 Å². The van der Waals surface area contributed by atoms with E-state index >= 15 is 0 Å². The first-order valence-corrected chi connectivity index (χ1v) is 10.6. The van der Waals surface area contributed by atoms with Crippen molar-refractivity contribution in [2.24, 2.45) is 0 Å². The van der Waals surface area contributed by atoms with Crippen molar-refractivity contribution in [2.75, 3.05) is 39.7 Å². The number of carbonyl (C=O) groups is 2. The molecule has 0 spiro atoms. The fourth-order valence-corrected chi connectivity index (χ4v) is 3.66. The number of carbonyl (C=O) groups excluding carboxylic acids is 2. The number of hydrogen-bond donors (Lipinski definition) is 3. The molecule has 3 N–H and O–H groups in total. The second-order valence-corrected chi connectivity index (χ2v) is 8.23. The van der Waals surface area contributed by atoms with Crippen molar-refractivity contribution >= 4 is 39.1 Å². The highest BCUT2D eigenvalue weighted by atomic mass is 35.5. The Morgan fingerprint density at radius 2 is 1.80 bits per heavy atom. The van der Waals surface area contributed by atoms with Gasteiger partial charge < -0.3 is 20.1 Å². The van der Waals surface area contributed by atoms with Gasteiger partial charge in [0.05, 0.1) is 24.3 Å². The largest absolute Gasteiger partial charge is 0.495 e. The van der Waals surface area contributed by atoms with E-state index in [1.807, 2.05) is 0 Å². The molecule has 2 amide bonds. The fraction of sp³-hybridized carbons (Fsp3) is 0.263. The molecule has 30 heavy (non-hydrogen) atoms. The Labute approximate surface area is 179 Å². The van der Waals surface area contributed by atoms with E-state index in [2.05, 4.69) is 15.4 Å². The first-order chi connectivity index (χ1) is 14.2. The van der Waals surface area contributed by atoms with Crippen molar-refractivity contribution in [3.63, 3.8) is 0 Å². The maximum atomic E-state index is 12.6. The van der Waals surface area contributed by atoms with E-state index in [-0.39, 0.29) is 32.7 Å². The van der Waals surface area contributed by atoms with Crippen LogP contribution in [0.15, 0.2) is 41.3 Å². The number of ether oxygens (including phenoxy) is 2. The summed E-state index contributed by atoms with van der Waals surface area (Å²) in [5, 5.41) is 5.42.